The Morgan fingerprint density at radius 1 is 1.07 bits per heavy atom. The Bertz CT molecular complexity index is 1160. The lowest BCUT2D eigenvalue weighted by molar-refractivity contribution is 0.0829. The predicted molar refractivity (Wildman–Crippen MR) is 109 cm³/mol. The molecule has 0 spiro atoms. The molecule has 4 aromatic rings. The number of methoxy groups -OCH3 is 1. The van der Waals surface area contributed by atoms with E-state index in [1.54, 1.807) is 37.0 Å². The summed E-state index contributed by atoms with van der Waals surface area (Å²) in [5.41, 5.74) is 3.75. The van der Waals surface area contributed by atoms with Gasteiger partial charge in [0, 0.05) is 31.2 Å². The Balaban J connectivity index is 1.84. The largest absolute Gasteiger partial charge is 0.494 e. The molecule has 2 heterocycles. The van der Waals surface area contributed by atoms with Crippen LogP contribution >= 0.6 is 0 Å². The monoisotopic (exact) mass is 372 g/mol. The number of para-hydroxylation sites is 3. The normalized spacial score (nSPS) is 10.8. The third kappa shape index (κ3) is 3.09. The first-order valence-corrected chi connectivity index (χ1v) is 8.88. The van der Waals surface area contributed by atoms with Crippen molar-refractivity contribution >= 4 is 16.8 Å². The SMILES string of the molecule is COc1ccccc1-n1cc(-c2cc(C(=O)N(C)C)c3ccccc3n2)cn1. The Morgan fingerprint density at radius 3 is 2.61 bits per heavy atom. The Labute approximate surface area is 163 Å². The standard InChI is InChI=1S/C22H20N4O2/c1-25(2)22(27)17-12-19(24-18-9-5-4-8-16(17)18)15-13-23-26(14-15)20-10-6-7-11-21(20)28-3/h4-14H,1-3H3. The Morgan fingerprint density at radius 2 is 1.82 bits per heavy atom. The minimum absolute atomic E-state index is 0.0584. The summed E-state index contributed by atoms with van der Waals surface area (Å²) in [6.45, 7) is 0. The lowest BCUT2D eigenvalue weighted by Crippen LogP contribution is -2.22. The van der Waals surface area contributed by atoms with Crippen LogP contribution in [0.2, 0.25) is 0 Å². The predicted octanol–water partition coefficient (Wildman–Crippen LogP) is 3.80. The number of carbonyl (C=O) groups is 1. The Kier molecular flexibility index (Phi) is 4.53. The molecule has 0 saturated heterocycles. The fourth-order valence-electron chi connectivity index (χ4n) is 3.15. The van der Waals surface area contributed by atoms with Gasteiger partial charge in [0.1, 0.15) is 11.4 Å². The number of nitrogens with zero attached hydrogens (tertiary/aromatic N) is 4. The van der Waals surface area contributed by atoms with E-state index in [0.717, 1.165) is 27.9 Å². The van der Waals surface area contributed by atoms with E-state index in [-0.39, 0.29) is 5.91 Å². The number of aromatic nitrogens is 3. The topological polar surface area (TPSA) is 60.2 Å². The van der Waals surface area contributed by atoms with Crippen molar-refractivity contribution in [3.63, 3.8) is 0 Å². The zero-order valence-corrected chi connectivity index (χ0v) is 16.0. The van der Waals surface area contributed by atoms with Crippen LogP contribution < -0.4 is 4.74 Å². The molecular weight excluding hydrogens is 352 g/mol. The van der Waals surface area contributed by atoms with Crippen molar-refractivity contribution in [2.24, 2.45) is 0 Å². The van der Waals surface area contributed by atoms with Crippen LogP contribution in [0.25, 0.3) is 27.8 Å². The highest BCUT2D eigenvalue weighted by molar-refractivity contribution is 6.07. The van der Waals surface area contributed by atoms with Crippen LogP contribution in [0.5, 0.6) is 5.75 Å². The van der Waals surface area contributed by atoms with E-state index in [2.05, 4.69) is 5.10 Å². The molecule has 0 radical (unpaired) electrons. The molecule has 2 aromatic heterocycles. The van der Waals surface area contributed by atoms with Crippen molar-refractivity contribution < 1.29 is 9.53 Å². The minimum Gasteiger partial charge on any atom is -0.494 e. The molecule has 2 aromatic carbocycles. The molecule has 1 amide bonds. The third-order valence-corrected chi connectivity index (χ3v) is 4.56. The molecule has 0 atom stereocenters. The summed E-state index contributed by atoms with van der Waals surface area (Å²) in [5, 5.41) is 5.30. The van der Waals surface area contributed by atoms with Crippen LogP contribution in [-0.4, -0.2) is 46.8 Å². The molecule has 0 aliphatic heterocycles. The number of carbonyl (C=O) groups excluding carboxylic acids is 1. The number of hydrogen-bond acceptors (Lipinski definition) is 4. The number of ether oxygens (including phenoxy) is 1. The minimum atomic E-state index is -0.0584. The van der Waals surface area contributed by atoms with Gasteiger partial charge in [-0.3, -0.25) is 4.79 Å². The van der Waals surface area contributed by atoms with Crippen LogP contribution in [0.1, 0.15) is 10.4 Å². The van der Waals surface area contributed by atoms with E-state index >= 15 is 0 Å². The number of benzene rings is 2. The van der Waals surface area contributed by atoms with Crippen LogP contribution in [-0.2, 0) is 0 Å². The number of amides is 1. The first kappa shape index (κ1) is 17.7. The van der Waals surface area contributed by atoms with E-state index in [1.807, 2.05) is 60.8 Å². The molecular formula is C22H20N4O2. The van der Waals surface area contributed by atoms with E-state index in [9.17, 15) is 4.79 Å². The molecule has 0 bridgehead atoms. The summed E-state index contributed by atoms with van der Waals surface area (Å²) in [6, 6.07) is 17.2. The zero-order chi connectivity index (χ0) is 19.7. The molecule has 4 rings (SSSR count). The van der Waals surface area contributed by atoms with Gasteiger partial charge in [-0.05, 0) is 24.3 Å². The van der Waals surface area contributed by atoms with Crippen molar-refractivity contribution in [1.29, 1.82) is 0 Å². The van der Waals surface area contributed by atoms with E-state index in [1.165, 1.54) is 0 Å². The second kappa shape index (κ2) is 7.15. The molecule has 6 heteroatoms. The van der Waals surface area contributed by atoms with Gasteiger partial charge in [-0.15, -0.1) is 0 Å². The second-order valence-electron chi connectivity index (χ2n) is 6.62. The van der Waals surface area contributed by atoms with E-state index in [4.69, 9.17) is 9.72 Å². The molecule has 140 valence electrons. The molecule has 0 aliphatic carbocycles. The van der Waals surface area contributed by atoms with E-state index in [0.29, 0.717) is 11.3 Å². The van der Waals surface area contributed by atoms with Crippen molar-refractivity contribution in [3.05, 3.63) is 72.6 Å². The van der Waals surface area contributed by atoms with Crippen LogP contribution in [0.3, 0.4) is 0 Å². The summed E-state index contributed by atoms with van der Waals surface area (Å²) < 4.78 is 7.17. The summed E-state index contributed by atoms with van der Waals surface area (Å²) in [5.74, 6) is 0.670. The van der Waals surface area contributed by atoms with E-state index < -0.39 is 0 Å². The molecule has 0 unspecified atom stereocenters. The van der Waals surface area contributed by atoms with Crippen molar-refractivity contribution in [3.8, 4) is 22.7 Å². The highest BCUT2D eigenvalue weighted by atomic mass is 16.5. The van der Waals surface area contributed by atoms with Gasteiger partial charge in [-0.25, -0.2) is 9.67 Å². The molecule has 0 aliphatic rings. The van der Waals surface area contributed by atoms with Crippen LogP contribution in [0.15, 0.2) is 67.0 Å². The van der Waals surface area contributed by atoms with Gasteiger partial charge < -0.3 is 9.64 Å². The van der Waals surface area contributed by atoms with Gasteiger partial charge in [0.25, 0.3) is 5.91 Å². The maximum Gasteiger partial charge on any atom is 0.254 e. The number of pyridine rings is 1. The molecule has 0 fully saturated rings. The summed E-state index contributed by atoms with van der Waals surface area (Å²) in [6.07, 6.45) is 3.63. The maximum absolute atomic E-state index is 12.7. The zero-order valence-electron chi connectivity index (χ0n) is 16.0. The van der Waals surface area contributed by atoms with Gasteiger partial charge in [-0.1, -0.05) is 30.3 Å². The van der Waals surface area contributed by atoms with Gasteiger partial charge in [0.05, 0.1) is 30.1 Å². The average molecular weight is 372 g/mol. The average Bonchev–Trinajstić information content (AvgIpc) is 3.22. The van der Waals surface area contributed by atoms with Gasteiger partial charge >= 0.3 is 0 Å². The van der Waals surface area contributed by atoms with Crippen LogP contribution in [0, 0.1) is 0 Å². The third-order valence-electron chi connectivity index (χ3n) is 4.56. The fraction of sp³-hybridized carbons (Fsp3) is 0.136. The lowest BCUT2D eigenvalue weighted by atomic mass is 10.0. The van der Waals surface area contributed by atoms with Crippen molar-refractivity contribution in [2.45, 2.75) is 0 Å². The smallest absolute Gasteiger partial charge is 0.254 e. The number of fused-ring (bicyclic) bond motifs is 1. The summed E-state index contributed by atoms with van der Waals surface area (Å²) >= 11 is 0. The molecule has 28 heavy (non-hydrogen) atoms. The maximum atomic E-state index is 12.7. The molecule has 6 nitrogen and oxygen atoms in total. The molecule has 0 saturated carbocycles. The first-order chi connectivity index (χ1) is 13.6. The Hall–Kier alpha value is -3.67. The van der Waals surface area contributed by atoms with Crippen LogP contribution in [0.4, 0.5) is 0 Å². The quantitative estimate of drug-likeness (QED) is 0.547. The lowest BCUT2D eigenvalue weighted by Gasteiger charge is -2.13. The van der Waals surface area contributed by atoms with Crippen molar-refractivity contribution in [1.82, 2.24) is 19.7 Å². The number of hydrogen-bond donors (Lipinski definition) is 0. The first-order valence-electron chi connectivity index (χ1n) is 8.88. The summed E-state index contributed by atoms with van der Waals surface area (Å²) in [4.78, 5) is 19.0. The highest BCUT2D eigenvalue weighted by Crippen LogP contribution is 2.27. The van der Waals surface area contributed by atoms with Crippen molar-refractivity contribution in [2.75, 3.05) is 21.2 Å². The van der Waals surface area contributed by atoms with Gasteiger partial charge in [0.2, 0.25) is 0 Å². The van der Waals surface area contributed by atoms with Gasteiger partial charge in [-0.2, -0.15) is 5.10 Å². The summed E-state index contributed by atoms with van der Waals surface area (Å²) in [7, 11) is 5.13. The fourth-order valence-corrected chi connectivity index (χ4v) is 3.15. The second-order valence-corrected chi connectivity index (χ2v) is 6.62. The van der Waals surface area contributed by atoms with Gasteiger partial charge in [0.15, 0.2) is 0 Å². The molecule has 0 N–H and O–H groups in total. The highest BCUT2D eigenvalue weighted by Gasteiger charge is 2.16. The number of rotatable bonds is 4.